The van der Waals surface area contributed by atoms with Crippen LogP contribution in [-0.2, 0) is 9.53 Å². The highest BCUT2D eigenvalue weighted by Crippen LogP contribution is 2.14. The molecule has 0 aliphatic carbocycles. The molecule has 1 heterocycles. The van der Waals surface area contributed by atoms with Gasteiger partial charge in [0.15, 0.2) is 0 Å². The Morgan fingerprint density at radius 2 is 1.84 bits per heavy atom. The average molecular weight is 270 g/mol. The molecule has 0 amide bonds. The van der Waals surface area contributed by atoms with Crippen molar-refractivity contribution in [2.75, 3.05) is 39.8 Å². The highest BCUT2D eigenvalue weighted by atomic mass is 16.5. The minimum atomic E-state index is -0.0641. The van der Waals surface area contributed by atoms with Gasteiger partial charge in [0.25, 0.3) is 0 Å². The Hall–Kier alpha value is -0.610. The first-order valence-electron chi connectivity index (χ1n) is 7.62. The van der Waals surface area contributed by atoms with Crippen molar-refractivity contribution in [3.63, 3.8) is 0 Å². The number of piperazine rings is 1. The Balaban J connectivity index is 2.46. The van der Waals surface area contributed by atoms with Crippen molar-refractivity contribution in [2.24, 2.45) is 5.92 Å². The van der Waals surface area contributed by atoms with Crippen LogP contribution < -0.4 is 0 Å². The van der Waals surface area contributed by atoms with Gasteiger partial charge in [0.1, 0.15) is 6.04 Å². The van der Waals surface area contributed by atoms with E-state index in [9.17, 15) is 4.79 Å². The van der Waals surface area contributed by atoms with Crippen LogP contribution in [0.5, 0.6) is 0 Å². The minimum absolute atomic E-state index is 0.0360. The second kappa shape index (κ2) is 8.54. The summed E-state index contributed by atoms with van der Waals surface area (Å²) in [6.07, 6.45) is 3.14. The Morgan fingerprint density at radius 1 is 1.21 bits per heavy atom. The number of methoxy groups -OCH3 is 1. The summed E-state index contributed by atoms with van der Waals surface area (Å²) in [6, 6.07) is -0.0360. The molecule has 112 valence electrons. The Kier molecular flexibility index (Phi) is 7.39. The lowest BCUT2D eigenvalue weighted by Gasteiger charge is -2.38. The highest BCUT2D eigenvalue weighted by Gasteiger charge is 2.29. The molecule has 1 atom stereocenters. The number of rotatable bonds is 7. The molecule has 1 saturated heterocycles. The predicted octanol–water partition coefficient (Wildman–Crippen LogP) is 1.99. The number of carbonyl (C=O) groups excluding carboxylic acids is 1. The van der Waals surface area contributed by atoms with Gasteiger partial charge in [-0.3, -0.25) is 9.69 Å². The number of unbranched alkanes of at least 4 members (excludes halogenated alkanes) is 1. The maximum absolute atomic E-state index is 11.9. The fourth-order valence-electron chi connectivity index (χ4n) is 2.76. The highest BCUT2D eigenvalue weighted by molar-refractivity contribution is 5.75. The van der Waals surface area contributed by atoms with E-state index < -0.39 is 0 Å². The van der Waals surface area contributed by atoms with Gasteiger partial charge < -0.3 is 9.64 Å². The van der Waals surface area contributed by atoms with E-state index in [1.165, 1.54) is 7.11 Å². The molecule has 0 radical (unpaired) electrons. The van der Waals surface area contributed by atoms with Crippen LogP contribution >= 0.6 is 0 Å². The van der Waals surface area contributed by atoms with Crippen LogP contribution in [0.15, 0.2) is 0 Å². The van der Waals surface area contributed by atoms with Crippen molar-refractivity contribution >= 4 is 5.97 Å². The number of ether oxygens (including phenoxy) is 1. The van der Waals surface area contributed by atoms with E-state index in [1.807, 2.05) is 0 Å². The Bertz CT molecular complexity index is 261. The summed E-state index contributed by atoms with van der Waals surface area (Å²) in [7, 11) is 1.50. The van der Waals surface area contributed by atoms with Gasteiger partial charge in [0, 0.05) is 32.7 Å². The molecule has 0 bridgehead atoms. The standard InChI is InChI=1S/C15H30N2O2/c1-5-6-7-14(15(18)19-4)17-10-8-16(9-11-17)12-13(2)3/h13-14H,5-12H2,1-4H3. The normalized spacial score (nSPS) is 19.6. The first-order valence-corrected chi connectivity index (χ1v) is 7.62. The van der Waals surface area contributed by atoms with Gasteiger partial charge in [0.2, 0.25) is 0 Å². The molecule has 0 saturated carbocycles. The average Bonchev–Trinajstić information content (AvgIpc) is 2.40. The van der Waals surface area contributed by atoms with E-state index in [0.29, 0.717) is 5.92 Å². The van der Waals surface area contributed by atoms with Crippen molar-refractivity contribution in [1.29, 1.82) is 0 Å². The van der Waals surface area contributed by atoms with Crippen molar-refractivity contribution in [3.8, 4) is 0 Å². The molecule has 0 aromatic carbocycles. The van der Waals surface area contributed by atoms with Crippen LogP contribution in [0, 0.1) is 5.92 Å². The zero-order valence-corrected chi connectivity index (χ0v) is 13.0. The van der Waals surface area contributed by atoms with E-state index in [2.05, 4.69) is 30.6 Å². The zero-order chi connectivity index (χ0) is 14.3. The number of esters is 1. The molecule has 0 aromatic rings. The molecular weight excluding hydrogens is 240 g/mol. The second-order valence-corrected chi connectivity index (χ2v) is 5.91. The summed E-state index contributed by atoms with van der Waals surface area (Å²) in [5.41, 5.74) is 0. The molecule has 0 N–H and O–H groups in total. The maximum Gasteiger partial charge on any atom is 0.323 e. The fraction of sp³-hybridized carbons (Fsp3) is 0.933. The van der Waals surface area contributed by atoms with E-state index in [4.69, 9.17) is 4.74 Å². The second-order valence-electron chi connectivity index (χ2n) is 5.91. The van der Waals surface area contributed by atoms with Crippen LogP contribution in [0.2, 0.25) is 0 Å². The van der Waals surface area contributed by atoms with Crippen molar-refractivity contribution < 1.29 is 9.53 Å². The van der Waals surface area contributed by atoms with Crippen LogP contribution in [0.3, 0.4) is 0 Å². The third kappa shape index (κ3) is 5.49. The van der Waals surface area contributed by atoms with Gasteiger partial charge in [-0.2, -0.15) is 0 Å². The van der Waals surface area contributed by atoms with Gasteiger partial charge in [-0.1, -0.05) is 33.6 Å². The summed E-state index contributed by atoms with van der Waals surface area (Å²) < 4.78 is 4.96. The molecule has 1 aliphatic rings. The van der Waals surface area contributed by atoms with Gasteiger partial charge in [-0.15, -0.1) is 0 Å². The lowest BCUT2D eigenvalue weighted by atomic mass is 10.1. The monoisotopic (exact) mass is 270 g/mol. The lowest BCUT2D eigenvalue weighted by molar-refractivity contribution is -0.148. The third-order valence-electron chi connectivity index (χ3n) is 3.78. The largest absolute Gasteiger partial charge is 0.468 e. The van der Waals surface area contributed by atoms with Gasteiger partial charge in [0.05, 0.1) is 7.11 Å². The molecule has 1 unspecified atom stereocenters. The smallest absolute Gasteiger partial charge is 0.323 e. The lowest BCUT2D eigenvalue weighted by Crippen LogP contribution is -2.53. The summed E-state index contributed by atoms with van der Waals surface area (Å²) in [5, 5.41) is 0. The Morgan fingerprint density at radius 3 is 2.32 bits per heavy atom. The van der Waals surface area contributed by atoms with Gasteiger partial charge >= 0.3 is 5.97 Å². The summed E-state index contributed by atoms with van der Waals surface area (Å²) in [5.74, 6) is 0.647. The van der Waals surface area contributed by atoms with Gasteiger partial charge in [-0.25, -0.2) is 0 Å². The number of nitrogens with zero attached hydrogens (tertiary/aromatic N) is 2. The Labute approximate surface area is 118 Å². The fourth-order valence-corrected chi connectivity index (χ4v) is 2.76. The molecule has 4 nitrogen and oxygen atoms in total. The van der Waals surface area contributed by atoms with Crippen LogP contribution in [-0.4, -0.2) is 61.6 Å². The number of carbonyl (C=O) groups is 1. The summed E-state index contributed by atoms with van der Waals surface area (Å²) in [4.78, 5) is 16.7. The van der Waals surface area contributed by atoms with Crippen LogP contribution in [0.25, 0.3) is 0 Å². The zero-order valence-electron chi connectivity index (χ0n) is 13.0. The molecule has 1 aliphatic heterocycles. The van der Waals surface area contributed by atoms with Crippen molar-refractivity contribution in [3.05, 3.63) is 0 Å². The first kappa shape index (κ1) is 16.4. The molecule has 0 spiro atoms. The van der Waals surface area contributed by atoms with Crippen molar-refractivity contribution in [1.82, 2.24) is 9.80 Å². The van der Waals surface area contributed by atoms with Crippen LogP contribution in [0.1, 0.15) is 40.0 Å². The molecule has 19 heavy (non-hydrogen) atoms. The van der Waals surface area contributed by atoms with Crippen LogP contribution in [0.4, 0.5) is 0 Å². The summed E-state index contributed by atoms with van der Waals surface area (Å²) >= 11 is 0. The van der Waals surface area contributed by atoms with E-state index in [1.54, 1.807) is 0 Å². The quantitative estimate of drug-likeness (QED) is 0.662. The molecule has 4 heteroatoms. The summed E-state index contributed by atoms with van der Waals surface area (Å²) in [6.45, 7) is 11.9. The maximum atomic E-state index is 11.9. The minimum Gasteiger partial charge on any atom is -0.468 e. The van der Waals surface area contributed by atoms with E-state index >= 15 is 0 Å². The predicted molar refractivity (Wildman–Crippen MR) is 78.2 cm³/mol. The first-order chi connectivity index (χ1) is 9.08. The van der Waals surface area contributed by atoms with E-state index in [0.717, 1.165) is 52.0 Å². The molecule has 1 rings (SSSR count). The van der Waals surface area contributed by atoms with E-state index in [-0.39, 0.29) is 12.0 Å². The molecule has 1 fully saturated rings. The number of hydrogen-bond donors (Lipinski definition) is 0. The topological polar surface area (TPSA) is 32.8 Å². The third-order valence-corrected chi connectivity index (χ3v) is 3.78. The van der Waals surface area contributed by atoms with Crippen molar-refractivity contribution in [2.45, 2.75) is 46.1 Å². The molecule has 0 aromatic heterocycles. The number of hydrogen-bond acceptors (Lipinski definition) is 4. The SMILES string of the molecule is CCCCC(C(=O)OC)N1CCN(CC(C)C)CC1. The van der Waals surface area contributed by atoms with Gasteiger partial charge in [-0.05, 0) is 12.3 Å². The molecular formula is C15H30N2O2.